The van der Waals surface area contributed by atoms with Gasteiger partial charge in [0, 0.05) is 12.1 Å². The van der Waals surface area contributed by atoms with E-state index in [0.29, 0.717) is 5.69 Å². The van der Waals surface area contributed by atoms with Gasteiger partial charge in [-0.1, -0.05) is 0 Å². The molecular weight excluding hydrogens is 252 g/mol. The fourth-order valence-electron chi connectivity index (χ4n) is 1.23. The van der Waals surface area contributed by atoms with Crippen molar-refractivity contribution in [2.24, 2.45) is 5.73 Å². The summed E-state index contributed by atoms with van der Waals surface area (Å²) in [4.78, 5) is 33.2. The second kappa shape index (κ2) is 6.50. The molecule has 19 heavy (non-hydrogen) atoms. The van der Waals surface area contributed by atoms with E-state index in [1.54, 1.807) is 0 Å². The normalized spacial score (nSPS) is 11.6. The Morgan fingerprint density at radius 2 is 1.79 bits per heavy atom. The summed E-state index contributed by atoms with van der Waals surface area (Å²) in [5.74, 6) is -2.84. The molecule has 5 N–H and O–H groups in total. The van der Waals surface area contributed by atoms with E-state index in [9.17, 15) is 14.4 Å². The molecule has 1 aromatic carbocycles. The largest absolute Gasteiger partial charge is 0.480 e. The smallest absolute Gasteiger partial charge is 0.345 e. The van der Waals surface area contributed by atoms with Crippen molar-refractivity contribution >= 4 is 23.6 Å². The van der Waals surface area contributed by atoms with Crippen LogP contribution in [0.5, 0.6) is 0 Å². The Morgan fingerprint density at radius 1 is 1.21 bits per heavy atom. The summed E-state index contributed by atoms with van der Waals surface area (Å²) in [7, 11) is 0. The molecule has 0 unspecified atom stereocenters. The van der Waals surface area contributed by atoms with Gasteiger partial charge in [-0.3, -0.25) is 9.59 Å². The molecule has 102 valence electrons. The minimum absolute atomic E-state index is 0.0941. The van der Waals surface area contributed by atoms with Crippen LogP contribution in [-0.2, 0) is 14.3 Å². The molecule has 0 aliphatic rings. The van der Waals surface area contributed by atoms with E-state index in [-0.39, 0.29) is 18.4 Å². The van der Waals surface area contributed by atoms with Crippen LogP contribution in [0.15, 0.2) is 24.3 Å². The summed E-state index contributed by atoms with van der Waals surface area (Å²) in [6.07, 6.45) is -0.336. The van der Waals surface area contributed by atoms with Gasteiger partial charge in [0.15, 0.2) is 0 Å². The topological polar surface area (TPSA) is 133 Å². The molecule has 0 fully saturated rings. The highest BCUT2D eigenvalue weighted by Crippen LogP contribution is 2.08. The van der Waals surface area contributed by atoms with Crippen molar-refractivity contribution in [1.29, 1.82) is 0 Å². The average molecular weight is 266 g/mol. The third-order valence-electron chi connectivity index (χ3n) is 2.33. The molecule has 0 saturated carbocycles. The molecule has 0 aliphatic carbocycles. The van der Waals surface area contributed by atoms with E-state index in [1.807, 2.05) is 0 Å². The third-order valence-corrected chi connectivity index (χ3v) is 2.33. The monoisotopic (exact) mass is 266 g/mol. The Hall–Kier alpha value is -2.41. The maximum Gasteiger partial charge on any atom is 0.345 e. The van der Waals surface area contributed by atoms with Crippen LogP contribution in [0.4, 0.5) is 5.69 Å². The number of nitrogens with two attached hydrogens (primary N) is 2. The first kappa shape index (κ1) is 14.7. The number of carbonyl (C=O) groups is 3. The van der Waals surface area contributed by atoms with E-state index < -0.39 is 23.9 Å². The summed E-state index contributed by atoms with van der Waals surface area (Å²) in [6.45, 7) is 0. The van der Waals surface area contributed by atoms with Gasteiger partial charge in [-0.05, 0) is 30.7 Å². The Kier molecular flexibility index (Phi) is 5.01. The number of carbonyl (C=O) groups excluding carboxylic acids is 2. The van der Waals surface area contributed by atoms with Crippen LogP contribution >= 0.6 is 0 Å². The zero-order chi connectivity index (χ0) is 14.4. The molecule has 0 spiro atoms. The third kappa shape index (κ3) is 4.76. The number of aliphatic carboxylic acids is 1. The number of rotatable bonds is 5. The highest BCUT2D eigenvalue weighted by molar-refractivity contribution is 5.97. The first-order valence-electron chi connectivity index (χ1n) is 5.49. The SMILES string of the molecule is Nc1ccc(C(=O)OC(=O)CC[C@H](N)C(=O)O)cc1. The Labute approximate surface area is 109 Å². The van der Waals surface area contributed by atoms with E-state index in [4.69, 9.17) is 16.6 Å². The van der Waals surface area contributed by atoms with E-state index in [0.717, 1.165) is 0 Å². The standard InChI is InChI=1S/C12H14N2O5/c13-8-3-1-7(2-4-8)12(18)19-10(15)6-5-9(14)11(16)17/h1-4,9H,5-6,13-14H2,(H,16,17)/t9-/m0/s1. The second-order valence-corrected chi connectivity index (χ2v) is 3.87. The number of hydrogen-bond donors (Lipinski definition) is 3. The molecule has 0 amide bonds. The molecule has 7 nitrogen and oxygen atoms in total. The van der Waals surface area contributed by atoms with Crippen molar-refractivity contribution in [3.8, 4) is 0 Å². The summed E-state index contributed by atoms with van der Waals surface area (Å²) in [5, 5.41) is 8.52. The number of ether oxygens (including phenoxy) is 1. The maximum absolute atomic E-state index is 11.5. The van der Waals surface area contributed by atoms with Gasteiger partial charge in [-0.15, -0.1) is 0 Å². The number of hydrogen-bond acceptors (Lipinski definition) is 6. The van der Waals surface area contributed by atoms with Crippen molar-refractivity contribution < 1.29 is 24.2 Å². The quantitative estimate of drug-likeness (QED) is 0.392. The van der Waals surface area contributed by atoms with Gasteiger partial charge in [-0.25, -0.2) is 4.79 Å². The summed E-state index contributed by atoms with van der Waals surface area (Å²) in [6, 6.07) is 4.70. The van der Waals surface area contributed by atoms with Crippen LogP contribution in [0.25, 0.3) is 0 Å². The lowest BCUT2D eigenvalue weighted by Crippen LogP contribution is -2.31. The van der Waals surface area contributed by atoms with Crippen molar-refractivity contribution in [3.05, 3.63) is 29.8 Å². The predicted octanol–water partition coefficient (Wildman–Crippen LogP) is 0.144. The molecule has 7 heteroatoms. The number of esters is 2. The molecule has 0 aromatic heterocycles. The number of carboxylic acids is 1. The van der Waals surface area contributed by atoms with Gasteiger partial charge in [0.05, 0.1) is 5.56 Å². The molecule has 0 radical (unpaired) electrons. The van der Waals surface area contributed by atoms with Gasteiger partial charge in [0.1, 0.15) is 6.04 Å². The van der Waals surface area contributed by atoms with E-state index in [2.05, 4.69) is 4.74 Å². The number of nitrogen functional groups attached to an aromatic ring is 1. The van der Waals surface area contributed by atoms with Crippen molar-refractivity contribution in [3.63, 3.8) is 0 Å². The molecule has 0 bridgehead atoms. The minimum atomic E-state index is -1.21. The Balaban J connectivity index is 2.46. The predicted molar refractivity (Wildman–Crippen MR) is 66.1 cm³/mol. The van der Waals surface area contributed by atoms with Crippen LogP contribution in [-0.4, -0.2) is 29.1 Å². The maximum atomic E-state index is 11.5. The Morgan fingerprint density at radius 3 is 2.32 bits per heavy atom. The lowest BCUT2D eigenvalue weighted by atomic mass is 10.2. The van der Waals surface area contributed by atoms with Gasteiger partial charge in [-0.2, -0.15) is 0 Å². The van der Waals surface area contributed by atoms with E-state index >= 15 is 0 Å². The molecular formula is C12H14N2O5. The summed E-state index contributed by atoms with van der Waals surface area (Å²) >= 11 is 0. The number of carboxylic acid groups (broad SMARTS) is 1. The molecule has 1 aromatic rings. The lowest BCUT2D eigenvalue weighted by Gasteiger charge is -2.06. The highest BCUT2D eigenvalue weighted by Gasteiger charge is 2.17. The van der Waals surface area contributed by atoms with Crippen LogP contribution in [0.1, 0.15) is 23.2 Å². The van der Waals surface area contributed by atoms with Gasteiger partial charge < -0.3 is 21.3 Å². The van der Waals surface area contributed by atoms with Crippen LogP contribution in [0.3, 0.4) is 0 Å². The Bertz CT molecular complexity index is 483. The highest BCUT2D eigenvalue weighted by atomic mass is 16.6. The first-order chi connectivity index (χ1) is 8.90. The zero-order valence-corrected chi connectivity index (χ0v) is 10.0. The summed E-state index contributed by atoms with van der Waals surface area (Å²) < 4.78 is 4.54. The van der Waals surface area contributed by atoms with Gasteiger partial charge >= 0.3 is 17.9 Å². The van der Waals surface area contributed by atoms with E-state index in [1.165, 1.54) is 24.3 Å². The number of benzene rings is 1. The molecule has 1 rings (SSSR count). The molecule has 0 heterocycles. The molecule has 0 saturated heterocycles. The lowest BCUT2D eigenvalue weighted by molar-refractivity contribution is -0.140. The number of anilines is 1. The molecule has 1 atom stereocenters. The summed E-state index contributed by atoms with van der Waals surface area (Å²) in [5.41, 5.74) is 11.3. The fraction of sp³-hybridized carbons (Fsp3) is 0.250. The van der Waals surface area contributed by atoms with Gasteiger partial charge in [0.2, 0.25) is 0 Å². The van der Waals surface area contributed by atoms with Gasteiger partial charge in [0.25, 0.3) is 0 Å². The van der Waals surface area contributed by atoms with Crippen molar-refractivity contribution in [2.45, 2.75) is 18.9 Å². The first-order valence-corrected chi connectivity index (χ1v) is 5.49. The van der Waals surface area contributed by atoms with Crippen LogP contribution in [0.2, 0.25) is 0 Å². The second-order valence-electron chi connectivity index (χ2n) is 3.87. The van der Waals surface area contributed by atoms with Crippen LogP contribution in [0, 0.1) is 0 Å². The zero-order valence-electron chi connectivity index (χ0n) is 10.0. The molecule has 0 aliphatic heterocycles. The fourth-order valence-corrected chi connectivity index (χ4v) is 1.23. The van der Waals surface area contributed by atoms with Crippen LogP contribution < -0.4 is 11.5 Å². The minimum Gasteiger partial charge on any atom is -0.480 e. The van der Waals surface area contributed by atoms with Crippen molar-refractivity contribution in [1.82, 2.24) is 0 Å². The van der Waals surface area contributed by atoms with Crippen molar-refractivity contribution in [2.75, 3.05) is 5.73 Å². The average Bonchev–Trinajstić information content (AvgIpc) is 2.36.